The average Bonchev–Trinajstić information content (AvgIpc) is 3.09. The number of carbonyl (C=O) groups excluding carboxylic acids is 1. The molecule has 2 heterocycles. The van der Waals surface area contributed by atoms with Gasteiger partial charge in [0, 0.05) is 29.4 Å². The number of hydrogen-bond donors (Lipinski definition) is 1. The maximum absolute atomic E-state index is 12.3. The van der Waals surface area contributed by atoms with Crippen LogP contribution in [0.25, 0.3) is 0 Å². The first-order chi connectivity index (χ1) is 11.7. The number of nitrogens with one attached hydrogen (secondary N) is 1. The number of aryl methyl sites for hydroxylation is 1. The molecule has 1 fully saturated rings. The predicted octanol–water partition coefficient (Wildman–Crippen LogP) is 4.20. The molecular formula is C18H21ClN2O2S. The van der Waals surface area contributed by atoms with Crippen molar-refractivity contribution in [3.63, 3.8) is 0 Å². The Bertz CT molecular complexity index is 670. The highest BCUT2D eigenvalue weighted by atomic mass is 35.5. The molecule has 0 saturated carbocycles. The van der Waals surface area contributed by atoms with Crippen molar-refractivity contribution in [2.75, 3.05) is 36.5 Å². The number of amides is 1. The fourth-order valence-corrected chi connectivity index (χ4v) is 3.70. The fraction of sp³-hybridized carbons (Fsp3) is 0.389. The van der Waals surface area contributed by atoms with Gasteiger partial charge in [0.2, 0.25) is 5.91 Å². The number of thiophene rings is 1. The molecule has 1 N–H and O–H groups in total. The number of benzene rings is 1. The van der Waals surface area contributed by atoms with Crippen LogP contribution in [0.1, 0.15) is 17.7 Å². The topological polar surface area (TPSA) is 41.6 Å². The zero-order chi connectivity index (χ0) is 16.8. The number of halogens is 1. The van der Waals surface area contributed by atoms with Crippen LogP contribution in [-0.4, -0.2) is 32.2 Å². The van der Waals surface area contributed by atoms with Gasteiger partial charge in [-0.05, 0) is 42.5 Å². The number of anilines is 2. The SMILES string of the molecule is O=C(CCCc1cccs1)Nc1cc(Cl)ccc1N1CCOCC1. The van der Waals surface area contributed by atoms with Crippen LogP contribution in [0.5, 0.6) is 0 Å². The molecule has 2 aromatic rings. The van der Waals surface area contributed by atoms with E-state index in [2.05, 4.69) is 21.7 Å². The zero-order valence-electron chi connectivity index (χ0n) is 13.5. The van der Waals surface area contributed by atoms with E-state index in [1.54, 1.807) is 11.3 Å². The quantitative estimate of drug-likeness (QED) is 0.835. The van der Waals surface area contributed by atoms with Gasteiger partial charge in [-0.25, -0.2) is 0 Å². The summed E-state index contributed by atoms with van der Waals surface area (Å²) in [6.45, 7) is 3.05. The van der Waals surface area contributed by atoms with E-state index >= 15 is 0 Å². The first kappa shape index (κ1) is 17.3. The molecular weight excluding hydrogens is 344 g/mol. The van der Waals surface area contributed by atoms with Crippen LogP contribution in [-0.2, 0) is 16.0 Å². The lowest BCUT2D eigenvalue weighted by atomic mass is 10.2. The van der Waals surface area contributed by atoms with Crippen LogP contribution >= 0.6 is 22.9 Å². The molecule has 24 heavy (non-hydrogen) atoms. The molecule has 1 aliphatic heterocycles. The molecule has 0 radical (unpaired) electrons. The van der Waals surface area contributed by atoms with E-state index in [0.717, 1.165) is 37.3 Å². The minimum Gasteiger partial charge on any atom is -0.378 e. The van der Waals surface area contributed by atoms with Gasteiger partial charge in [0.15, 0.2) is 0 Å². The molecule has 0 unspecified atom stereocenters. The minimum atomic E-state index is 0.0309. The molecule has 0 bridgehead atoms. The van der Waals surface area contributed by atoms with Crippen molar-refractivity contribution in [3.8, 4) is 0 Å². The van der Waals surface area contributed by atoms with E-state index in [9.17, 15) is 4.79 Å². The molecule has 4 nitrogen and oxygen atoms in total. The van der Waals surface area contributed by atoms with Gasteiger partial charge in [-0.3, -0.25) is 4.79 Å². The normalized spacial score (nSPS) is 14.6. The number of carbonyl (C=O) groups is 1. The van der Waals surface area contributed by atoms with Crippen molar-refractivity contribution in [3.05, 3.63) is 45.6 Å². The number of hydrogen-bond acceptors (Lipinski definition) is 4. The summed E-state index contributed by atoms with van der Waals surface area (Å²) in [4.78, 5) is 15.8. The summed E-state index contributed by atoms with van der Waals surface area (Å²) >= 11 is 7.85. The van der Waals surface area contributed by atoms with Crippen LogP contribution in [0.3, 0.4) is 0 Å². The summed E-state index contributed by atoms with van der Waals surface area (Å²) in [6.07, 6.45) is 2.30. The van der Waals surface area contributed by atoms with Gasteiger partial charge in [0.05, 0.1) is 24.6 Å². The number of morpholine rings is 1. The smallest absolute Gasteiger partial charge is 0.224 e. The molecule has 128 valence electrons. The number of ether oxygens (including phenoxy) is 1. The van der Waals surface area contributed by atoms with Crippen molar-refractivity contribution in [2.45, 2.75) is 19.3 Å². The second-order valence-corrected chi connectivity index (χ2v) is 7.21. The first-order valence-corrected chi connectivity index (χ1v) is 9.42. The second kappa shape index (κ2) is 8.51. The molecule has 1 saturated heterocycles. The summed E-state index contributed by atoms with van der Waals surface area (Å²) in [5, 5.41) is 5.72. The molecule has 6 heteroatoms. The summed E-state index contributed by atoms with van der Waals surface area (Å²) < 4.78 is 5.40. The minimum absolute atomic E-state index is 0.0309. The molecule has 0 atom stereocenters. The van der Waals surface area contributed by atoms with E-state index in [4.69, 9.17) is 16.3 Å². The van der Waals surface area contributed by atoms with Crippen molar-refractivity contribution < 1.29 is 9.53 Å². The van der Waals surface area contributed by atoms with Crippen LogP contribution in [0.2, 0.25) is 5.02 Å². The van der Waals surface area contributed by atoms with Gasteiger partial charge < -0.3 is 15.0 Å². The Morgan fingerprint density at radius 3 is 2.88 bits per heavy atom. The van der Waals surface area contributed by atoms with Gasteiger partial charge in [-0.1, -0.05) is 17.7 Å². The Kier molecular flexibility index (Phi) is 6.12. The van der Waals surface area contributed by atoms with E-state index in [0.29, 0.717) is 24.7 Å². The third-order valence-electron chi connectivity index (χ3n) is 3.99. The largest absolute Gasteiger partial charge is 0.378 e. The Hall–Kier alpha value is -1.56. The molecule has 0 aliphatic carbocycles. The monoisotopic (exact) mass is 364 g/mol. The molecule has 0 spiro atoms. The van der Waals surface area contributed by atoms with Crippen LogP contribution in [0.4, 0.5) is 11.4 Å². The van der Waals surface area contributed by atoms with Crippen LogP contribution < -0.4 is 10.2 Å². The third kappa shape index (κ3) is 4.72. The van der Waals surface area contributed by atoms with Crippen molar-refractivity contribution in [1.29, 1.82) is 0 Å². The van der Waals surface area contributed by atoms with Crippen molar-refractivity contribution in [1.82, 2.24) is 0 Å². The van der Waals surface area contributed by atoms with E-state index < -0.39 is 0 Å². The van der Waals surface area contributed by atoms with Gasteiger partial charge in [-0.2, -0.15) is 0 Å². The summed E-state index contributed by atoms with van der Waals surface area (Å²) in [6, 6.07) is 9.80. The maximum atomic E-state index is 12.3. The average molecular weight is 365 g/mol. The highest BCUT2D eigenvalue weighted by Gasteiger charge is 2.16. The van der Waals surface area contributed by atoms with Crippen molar-refractivity contribution in [2.24, 2.45) is 0 Å². The Labute approximate surface area is 151 Å². The van der Waals surface area contributed by atoms with E-state index in [1.165, 1.54) is 4.88 Å². The Balaban J connectivity index is 1.60. The maximum Gasteiger partial charge on any atom is 0.224 e. The lowest BCUT2D eigenvalue weighted by Gasteiger charge is -2.30. The third-order valence-corrected chi connectivity index (χ3v) is 5.16. The molecule has 1 aliphatic rings. The van der Waals surface area contributed by atoms with Gasteiger partial charge >= 0.3 is 0 Å². The molecule has 1 aromatic heterocycles. The van der Waals surface area contributed by atoms with Gasteiger partial charge in [0.25, 0.3) is 0 Å². The lowest BCUT2D eigenvalue weighted by Crippen LogP contribution is -2.36. The zero-order valence-corrected chi connectivity index (χ0v) is 15.0. The summed E-state index contributed by atoms with van der Waals surface area (Å²) in [5.74, 6) is 0.0309. The van der Waals surface area contributed by atoms with Gasteiger partial charge in [-0.15, -0.1) is 11.3 Å². The number of rotatable bonds is 6. The second-order valence-electron chi connectivity index (χ2n) is 5.74. The van der Waals surface area contributed by atoms with Crippen molar-refractivity contribution >= 4 is 40.2 Å². The van der Waals surface area contributed by atoms with E-state index in [-0.39, 0.29) is 5.91 Å². The first-order valence-electron chi connectivity index (χ1n) is 8.17. The fourth-order valence-electron chi connectivity index (χ4n) is 2.78. The highest BCUT2D eigenvalue weighted by molar-refractivity contribution is 7.09. The highest BCUT2D eigenvalue weighted by Crippen LogP contribution is 2.30. The lowest BCUT2D eigenvalue weighted by molar-refractivity contribution is -0.116. The summed E-state index contributed by atoms with van der Waals surface area (Å²) in [5.41, 5.74) is 1.79. The molecule has 1 aromatic carbocycles. The molecule has 3 rings (SSSR count). The number of nitrogens with zero attached hydrogens (tertiary/aromatic N) is 1. The van der Waals surface area contributed by atoms with Crippen LogP contribution in [0.15, 0.2) is 35.7 Å². The van der Waals surface area contributed by atoms with Gasteiger partial charge in [0.1, 0.15) is 0 Å². The Morgan fingerprint density at radius 2 is 2.12 bits per heavy atom. The standard InChI is InChI=1S/C18H21ClN2O2S/c19-14-6-7-17(21-8-10-23-11-9-21)16(13-14)20-18(22)5-1-3-15-4-2-12-24-15/h2,4,6-7,12-13H,1,3,5,8-11H2,(H,20,22). The van der Waals surface area contributed by atoms with Crippen LogP contribution in [0, 0.1) is 0 Å². The summed E-state index contributed by atoms with van der Waals surface area (Å²) in [7, 11) is 0. The molecule has 1 amide bonds. The predicted molar refractivity (Wildman–Crippen MR) is 100 cm³/mol. The Morgan fingerprint density at radius 1 is 1.29 bits per heavy atom. The van der Waals surface area contributed by atoms with E-state index in [1.807, 2.05) is 24.3 Å².